The maximum absolute atomic E-state index is 13.1. The number of imidazole rings is 1. The summed E-state index contributed by atoms with van der Waals surface area (Å²) in [6.07, 6.45) is 0.994. The van der Waals surface area contributed by atoms with E-state index in [1.165, 1.54) is 0 Å². The highest BCUT2D eigenvalue weighted by molar-refractivity contribution is 5.97. The van der Waals surface area contributed by atoms with Gasteiger partial charge in [-0.25, -0.2) is 4.98 Å². The van der Waals surface area contributed by atoms with Gasteiger partial charge in [0.25, 0.3) is 5.91 Å². The number of fused-ring (bicyclic) bond motifs is 1. The number of rotatable bonds is 3. The number of amides is 1. The lowest BCUT2D eigenvalue weighted by Crippen LogP contribution is -2.49. The van der Waals surface area contributed by atoms with Crippen LogP contribution in [0, 0.1) is 0 Å². The van der Waals surface area contributed by atoms with Gasteiger partial charge in [-0.1, -0.05) is 13.8 Å². The SMILES string of the molecule is CC(C)c1nc2ccc(C(=O)N3CC[C@H](O)[C@@H](N4CCOCC4)CC3)cc2[nH]1. The molecule has 0 unspecified atom stereocenters. The fraction of sp³-hybridized carbons (Fsp3) is 0.619. The predicted molar refractivity (Wildman–Crippen MR) is 108 cm³/mol. The van der Waals surface area contributed by atoms with Crippen molar-refractivity contribution < 1.29 is 14.6 Å². The van der Waals surface area contributed by atoms with Crippen LogP contribution < -0.4 is 0 Å². The molecule has 0 aliphatic carbocycles. The second-order valence-corrected chi connectivity index (χ2v) is 8.16. The standard InChI is InChI=1S/C21H30N4O3/c1-14(2)20-22-16-4-3-15(13-17(16)23-20)21(27)25-7-5-18(19(26)6-8-25)24-9-11-28-12-10-24/h3-4,13-14,18-19,26H,5-12H2,1-2H3,(H,22,23)/t18-,19-/m0/s1. The number of aliphatic hydroxyl groups is 1. The van der Waals surface area contributed by atoms with Crippen molar-refractivity contribution in [3.05, 3.63) is 29.6 Å². The van der Waals surface area contributed by atoms with Crippen LogP contribution in [0.4, 0.5) is 0 Å². The first kappa shape index (κ1) is 19.4. The van der Waals surface area contributed by atoms with Crippen LogP contribution in [-0.4, -0.2) is 82.3 Å². The zero-order chi connectivity index (χ0) is 19.7. The summed E-state index contributed by atoms with van der Waals surface area (Å²) in [6.45, 7) is 8.57. The van der Waals surface area contributed by atoms with E-state index in [0.29, 0.717) is 44.2 Å². The van der Waals surface area contributed by atoms with Crippen molar-refractivity contribution in [1.29, 1.82) is 0 Å². The van der Waals surface area contributed by atoms with Gasteiger partial charge in [0.1, 0.15) is 5.82 Å². The van der Waals surface area contributed by atoms with Gasteiger partial charge in [-0.15, -0.1) is 0 Å². The van der Waals surface area contributed by atoms with E-state index >= 15 is 0 Å². The van der Waals surface area contributed by atoms with Gasteiger partial charge < -0.3 is 19.7 Å². The summed E-state index contributed by atoms with van der Waals surface area (Å²) in [7, 11) is 0. The van der Waals surface area contributed by atoms with E-state index in [2.05, 4.69) is 28.7 Å². The van der Waals surface area contributed by atoms with Crippen molar-refractivity contribution in [1.82, 2.24) is 19.8 Å². The topological polar surface area (TPSA) is 81.7 Å². The number of likely N-dealkylation sites (tertiary alicyclic amines) is 1. The van der Waals surface area contributed by atoms with Crippen LogP contribution in [0.5, 0.6) is 0 Å². The minimum Gasteiger partial charge on any atom is -0.391 e. The Morgan fingerprint density at radius 2 is 1.96 bits per heavy atom. The number of carbonyl (C=O) groups excluding carboxylic acids is 1. The molecule has 3 heterocycles. The molecule has 2 aliphatic heterocycles. The molecule has 152 valence electrons. The summed E-state index contributed by atoms with van der Waals surface area (Å²) in [5.74, 6) is 1.28. The first-order chi connectivity index (χ1) is 13.5. The van der Waals surface area contributed by atoms with E-state index in [9.17, 15) is 9.90 Å². The van der Waals surface area contributed by atoms with Gasteiger partial charge in [-0.2, -0.15) is 0 Å². The highest BCUT2D eigenvalue weighted by atomic mass is 16.5. The van der Waals surface area contributed by atoms with E-state index in [-0.39, 0.29) is 11.9 Å². The van der Waals surface area contributed by atoms with Crippen molar-refractivity contribution in [3.63, 3.8) is 0 Å². The number of aromatic nitrogens is 2. The Morgan fingerprint density at radius 3 is 2.71 bits per heavy atom. The second-order valence-electron chi connectivity index (χ2n) is 8.16. The fourth-order valence-corrected chi connectivity index (χ4v) is 4.23. The molecule has 4 rings (SSSR count). The molecule has 2 saturated heterocycles. The van der Waals surface area contributed by atoms with E-state index in [1.54, 1.807) is 0 Å². The van der Waals surface area contributed by atoms with E-state index in [4.69, 9.17) is 4.74 Å². The van der Waals surface area contributed by atoms with Crippen molar-refractivity contribution in [2.75, 3.05) is 39.4 Å². The second kappa shape index (κ2) is 8.19. The summed E-state index contributed by atoms with van der Waals surface area (Å²) in [5, 5.41) is 10.6. The number of aromatic amines is 1. The average molecular weight is 386 g/mol. The molecule has 0 saturated carbocycles. The zero-order valence-corrected chi connectivity index (χ0v) is 16.7. The molecule has 0 radical (unpaired) electrons. The number of aliphatic hydroxyl groups excluding tert-OH is 1. The molecule has 2 N–H and O–H groups in total. The molecule has 1 aromatic carbocycles. The summed E-state index contributed by atoms with van der Waals surface area (Å²) >= 11 is 0. The zero-order valence-electron chi connectivity index (χ0n) is 16.7. The number of hydrogen-bond acceptors (Lipinski definition) is 5. The van der Waals surface area contributed by atoms with Gasteiger partial charge in [0, 0.05) is 43.7 Å². The molecule has 2 fully saturated rings. The monoisotopic (exact) mass is 386 g/mol. The van der Waals surface area contributed by atoms with Crippen molar-refractivity contribution in [3.8, 4) is 0 Å². The van der Waals surface area contributed by atoms with Gasteiger partial charge in [-0.05, 0) is 31.0 Å². The van der Waals surface area contributed by atoms with E-state index in [1.807, 2.05) is 23.1 Å². The van der Waals surface area contributed by atoms with Crippen LogP contribution in [0.15, 0.2) is 18.2 Å². The molecule has 28 heavy (non-hydrogen) atoms. The Bertz CT molecular complexity index is 828. The molecular weight excluding hydrogens is 356 g/mol. The molecule has 1 aromatic heterocycles. The van der Waals surface area contributed by atoms with Gasteiger partial charge in [0.15, 0.2) is 0 Å². The third kappa shape index (κ3) is 3.92. The molecular formula is C21H30N4O3. The predicted octanol–water partition coefficient (Wildman–Crippen LogP) is 1.98. The maximum atomic E-state index is 13.1. The van der Waals surface area contributed by atoms with Gasteiger partial charge in [-0.3, -0.25) is 9.69 Å². The van der Waals surface area contributed by atoms with Crippen LogP contribution in [0.3, 0.4) is 0 Å². The smallest absolute Gasteiger partial charge is 0.253 e. The van der Waals surface area contributed by atoms with E-state index < -0.39 is 6.10 Å². The Balaban J connectivity index is 1.47. The minimum atomic E-state index is -0.403. The number of H-pyrrole nitrogens is 1. The first-order valence-corrected chi connectivity index (χ1v) is 10.3. The minimum absolute atomic E-state index is 0.0254. The molecule has 2 aromatic rings. The highest BCUT2D eigenvalue weighted by Crippen LogP contribution is 2.22. The van der Waals surface area contributed by atoms with Crippen LogP contribution in [0.25, 0.3) is 11.0 Å². The molecule has 2 aliphatic rings. The van der Waals surface area contributed by atoms with Gasteiger partial charge in [0.05, 0.1) is 30.4 Å². The molecule has 0 bridgehead atoms. The van der Waals surface area contributed by atoms with Crippen molar-refractivity contribution >= 4 is 16.9 Å². The summed E-state index contributed by atoms with van der Waals surface area (Å²) in [4.78, 5) is 25.2. The highest BCUT2D eigenvalue weighted by Gasteiger charge is 2.32. The van der Waals surface area contributed by atoms with Gasteiger partial charge in [0.2, 0.25) is 0 Å². The largest absolute Gasteiger partial charge is 0.391 e. The van der Waals surface area contributed by atoms with Crippen LogP contribution in [-0.2, 0) is 4.74 Å². The van der Waals surface area contributed by atoms with Crippen molar-refractivity contribution in [2.24, 2.45) is 0 Å². The molecule has 7 heteroatoms. The Labute approximate surface area is 165 Å². The van der Waals surface area contributed by atoms with Crippen molar-refractivity contribution in [2.45, 2.75) is 44.8 Å². The third-order valence-electron chi connectivity index (χ3n) is 5.93. The van der Waals surface area contributed by atoms with Crippen LogP contribution >= 0.6 is 0 Å². The maximum Gasteiger partial charge on any atom is 0.253 e. The average Bonchev–Trinajstić information content (AvgIpc) is 3.04. The molecule has 0 spiro atoms. The third-order valence-corrected chi connectivity index (χ3v) is 5.93. The number of benzene rings is 1. The Hall–Kier alpha value is -1.96. The van der Waals surface area contributed by atoms with Gasteiger partial charge >= 0.3 is 0 Å². The lowest BCUT2D eigenvalue weighted by Gasteiger charge is -2.36. The van der Waals surface area contributed by atoms with E-state index in [0.717, 1.165) is 36.4 Å². The Morgan fingerprint density at radius 1 is 1.21 bits per heavy atom. The Kier molecular flexibility index (Phi) is 5.66. The molecule has 7 nitrogen and oxygen atoms in total. The van der Waals surface area contributed by atoms with Crippen LogP contribution in [0.2, 0.25) is 0 Å². The summed E-state index contributed by atoms with van der Waals surface area (Å²) in [6, 6.07) is 5.77. The quantitative estimate of drug-likeness (QED) is 0.843. The number of nitrogens with one attached hydrogen (secondary N) is 1. The first-order valence-electron chi connectivity index (χ1n) is 10.3. The number of morpholine rings is 1. The number of ether oxygens (including phenoxy) is 1. The summed E-state index contributed by atoms with van der Waals surface area (Å²) < 4.78 is 5.43. The number of carbonyl (C=O) groups is 1. The summed E-state index contributed by atoms with van der Waals surface area (Å²) in [5.41, 5.74) is 2.46. The fourth-order valence-electron chi connectivity index (χ4n) is 4.23. The number of nitrogens with zero attached hydrogens (tertiary/aromatic N) is 3. The lowest BCUT2D eigenvalue weighted by atomic mass is 10.0. The van der Waals surface area contributed by atoms with Crippen LogP contribution in [0.1, 0.15) is 48.8 Å². The molecule has 1 amide bonds. The normalized spacial score (nSPS) is 24.6. The molecule has 2 atom stereocenters. The number of hydrogen-bond donors (Lipinski definition) is 2. The lowest BCUT2D eigenvalue weighted by molar-refractivity contribution is -0.0222.